The number of ether oxygens (including phenoxy) is 2. The van der Waals surface area contributed by atoms with Crippen LogP contribution in [0.15, 0.2) is 46.1 Å². The van der Waals surface area contributed by atoms with Crippen molar-refractivity contribution in [2.24, 2.45) is 5.73 Å². The summed E-state index contributed by atoms with van der Waals surface area (Å²) in [5.74, 6) is -1.31. The molecule has 0 aliphatic carbocycles. The fourth-order valence-corrected chi connectivity index (χ4v) is 9.05. The first-order valence-corrected chi connectivity index (χ1v) is 26.6. The number of aliphatic hydroxyl groups excluding tert-OH is 1. The Bertz CT molecular complexity index is 1750. The van der Waals surface area contributed by atoms with Crippen molar-refractivity contribution in [3.05, 3.63) is 62.9 Å². The number of nitrogens with zero attached hydrogens (tertiary/aromatic N) is 2. The molecular formula is C42H72N4O10Si2. The fourth-order valence-electron chi connectivity index (χ4n) is 6.46. The number of hydrogen-bond acceptors (Lipinski definition) is 10. The number of aliphatic carboxylic acids is 1. The number of carboxylic acids is 1. The Hall–Kier alpha value is -3.13. The van der Waals surface area contributed by atoms with Crippen molar-refractivity contribution in [3.8, 4) is 5.75 Å². The molecular weight excluding hydrogens is 777 g/mol. The van der Waals surface area contributed by atoms with Crippen LogP contribution < -0.4 is 27.0 Å². The second kappa shape index (κ2) is 20.9. The highest BCUT2D eigenvalue weighted by atomic mass is 28.4. The van der Waals surface area contributed by atoms with Crippen LogP contribution in [0.2, 0.25) is 36.3 Å². The number of carboxylic acid groups (broad SMARTS) is 1. The zero-order chi connectivity index (χ0) is 43.6. The van der Waals surface area contributed by atoms with Crippen molar-refractivity contribution in [2.75, 3.05) is 13.7 Å². The van der Waals surface area contributed by atoms with Gasteiger partial charge in [0.05, 0.1) is 13.7 Å². The van der Waals surface area contributed by atoms with Gasteiger partial charge in [0.25, 0.3) is 5.56 Å². The molecule has 58 heavy (non-hydrogen) atoms. The van der Waals surface area contributed by atoms with Crippen molar-refractivity contribution >= 4 is 28.5 Å². The van der Waals surface area contributed by atoms with Gasteiger partial charge in [-0.15, -0.1) is 0 Å². The SMILES string of the molecule is COc1ccc(Cn2c(=O)ccn([C@@H]3OC([C@H](O)[C@H](NC(=O)CCCCCCCCCCN)C(=O)O)[C@@H](O[Si](C)(C)C(C)(C)C)[C@H]3O[Si](C)(C)C(C)(C)C)c2=O)cc1. The van der Waals surface area contributed by atoms with Crippen LogP contribution in [0.4, 0.5) is 0 Å². The number of aromatic nitrogens is 2. The maximum atomic E-state index is 14.4. The van der Waals surface area contributed by atoms with Gasteiger partial charge in [-0.3, -0.25) is 18.7 Å². The van der Waals surface area contributed by atoms with Gasteiger partial charge in [0.1, 0.15) is 30.2 Å². The second-order valence-electron chi connectivity index (χ2n) is 18.7. The van der Waals surface area contributed by atoms with E-state index in [1.807, 2.05) is 26.2 Å². The van der Waals surface area contributed by atoms with E-state index in [9.17, 15) is 29.4 Å². The largest absolute Gasteiger partial charge is 0.497 e. The van der Waals surface area contributed by atoms with Crippen LogP contribution in [-0.2, 0) is 29.7 Å². The summed E-state index contributed by atoms with van der Waals surface area (Å²) in [6.07, 6.45) is 2.76. The van der Waals surface area contributed by atoms with Gasteiger partial charge in [-0.25, -0.2) is 9.59 Å². The van der Waals surface area contributed by atoms with Gasteiger partial charge >= 0.3 is 11.7 Å². The fraction of sp³-hybridized carbons (Fsp3) is 0.714. The number of carbonyl (C=O) groups excluding carboxylic acids is 1. The Morgan fingerprint density at radius 2 is 1.36 bits per heavy atom. The maximum Gasteiger partial charge on any atom is 0.333 e. The van der Waals surface area contributed by atoms with E-state index in [4.69, 9.17) is 24.1 Å². The summed E-state index contributed by atoms with van der Waals surface area (Å²) < 4.78 is 28.4. The van der Waals surface area contributed by atoms with E-state index in [1.165, 1.54) is 16.8 Å². The van der Waals surface area contributed by atoms with Gasteiger partial charge in [-0.05, 0) is 73.3 Å². The second-order valence-corrected chi connectivity index (χ2v) is 28.2. The molecule has 1 aliphatic heterocycles. The molecule has 0 saturated carbocycles. The lowest BCUT2D eigenvalue weighted by Gasteiger charge is -2.44. The summed E-state index contributed by atoms with van der Waals surface area (Å²) in [5, 5.41) is 24.5. The summed E-state index contributed by atoms with van der Waals surface area (Å²) in [7, 11) is -3.88. The molecule has 1 unspecified atom stereocenters. The van der Waals surface area contributed by atoms with Crippen LogP contribution in [0.5, 0.6) is 5.75 Å². The molecule has 6 atom stereocenters. The van der Waals surface area contributed by atoms with Crippen molar-refractivity contribution in [1.29, 1.82) is 0 Å². The van der Waals surface area contributed by atoms with Crippen molar-refractivity contribution in [3.63, 3.8) is 0 Å². The molecule has 0 spiro atoms. The van der Waals surface area contributed by atoms with Crippen LogP contribution in [0.1, 0.15) is 111 Å². The predicted octanol–water partition coefficient (Wildman–Crippen LogP) is 6.15. The van der Waals surface area contributed by atoms with E-state index >= 15 is 0 Å². The number of rotatable bonds is 22. The minimum absolute atomic E-state index is 0.0408. The minimum Gasteiger partial charge on any atom is -0.497 e. The molecule has 1 fully saturated rings. The van der Waals surface area contributed by atoms with E-state index in [-0.39, 0.29) is 23.0 Å². The van der Waals surface area contributed by atoms with Gasteiger partial charge in [0, 0.05) is 18.7 Å². The summed E-state index contributed by atoms with van der Waals surface area (Å²) >= 11 is 0. The number of carbonyl (C=O) groups is 2. The zero-order valence-corrected chi connectivity index (χ0v) is 38.8. The Balaban J connectivity index is 2.05. The molecule has 14 nitrogen and oxygen atoms in total. The number of nitrogens with one attached hydrogen (secondary N) is 1. The van der Waals surface area contributed by atoms with Crippen LogP contribution in [0.25, 0.3) is 0 Å². The quantitative estimate of drug-likeness (QED) is 0.0785. The molecule has 5 N–H and O–H groups in total. The van der Waals surface area contributed by atoms with E-state index in [0.717, 1.165) is 49.5 Å². The smallest absolute Gasteiger partial charge is 0.333 e. The highest BCUT2D eigenvalue weighted by Crippen LogP contribution is 2.46. The van der Waals surface area contributed by atoms with Gasteiger partial charge in [0.15, 0.2) is 28.9 Å². The summed E-state index contributed by atoms with van der Waals surface area (Å²) in [6.45, 7) is 21.2. The number of benzene rings is 1. The minimum atomic E-state index is -2.72. The molecule has 1 saturated heterocycles. The lowest BCUT2D eigenvalue weighted by Crippen LogP contribution is -2.59. The first-order valence-electron chi connectivity index (χ1n) is 20.8. The summed E-state index contributed by atoms with van der Waals surface area (Å²) in [5.41, 5.74) is 5.05. The van der Waals surface area contributed by atoms with Gasteiger partial charge in [-0.1, -0.05) is 92.2 Å². The molecule has 1 aliphatic rings. The molecule has 328 valence electrons. The first-order chi connectivity index (χ1) is 27.0. The molecule has 2 aromatic rings. The average molecular weight is 849 g/mol. The van der Waals surface area contributed by atoms with Crippen LogP contribution in [0, 0.1) is 0 Å². The third-order valence-corrected chi connectivity index (χ3v) is 21.1. The van der Waals surface area contributed by atoms with Crippen molar-refractivity contribution in [2.45, 2.75) is 179 Å². The summed E-state index contributed by atoms with van der Waals surface area (Å²) in [6, 6.07) is 6.53. The number of nitrogens with two attached hydrogens (primary N) is 1. The highest BCUT2D eigenvalue weighted by molar-refractivity contribution is 6.74. The number of hydrogen-bond donors (Lipinski definition) is 4. The number of methoxy groups -OCH3 is 1. The Kier molecular flexibility index (Phi) is 17.7. The van der Waals surface area contributed by atoms with Crippen LogP contribution in [0.3, 0.4) is 0 Å². The van der Waals surface area contributed by atoms with Gasteiger partial charge < -0.3 is 39.6 Å². The molecule has 1 aromatic carbocycles. The maximum absolute atomic E-state index is 14.4. The first kappa shape index (κ1) is 49.2. The predicted molar refractivity (Wildman–Crippen MR) is 231 cm³/mol. The molecule has 0 radical (unpaired) electrons. The zero-order valence-electron chi connectivity index (χ0n) is 36.8. The van der Waals surface area contributed by atoms with Crippen LogP contribution >= 0.6 is 0 Å². The van der Waals surface area contributed by atoms with Gasteiger partial charge in [0.2, 0.25) is 5.91 Å². The number of unbranched alkanes of at least 4 members (excludes halogenated alkanes) is 7. The third-order valence-electron chi connectivity index (χ3n) is 12.2. The van der Waals surface area contributed by atoms with E-state index < -0.39 is 76.4 Å². The van der Waals surface area contributed by atoms with E-state index in [1.54, 1.807) is 31.4 Å². The number of aliphatic hydroxyl groups is 1. The van der Waals surface area contributed by atoms with E-state index in [2.05, 4.69) is 46.9 Å². The Morgan fingerprint density at radius 3 is 1.86 bits per heavy atom. The molecule has 1 aromatic heterocycles. The third kappa shape index (κ3) is 12.9. The molecule has 0 bridgehead atoms. The highest BCUT2D eigenvalue weighted by Gasteiger charge is 2.57. The molecule has 16 heteroatoms. The molecule has 1 amide bonds. The lowest BCUT2D eigenvalue weighted by atomic mass is 9.99. The normalized spacial score (nSPS) is 20.2. The Morgan fingerprint density at radius 1 is 0.845 bits per heavy atom. The Labute approximate surface area is 347 Å². The standard InChI is InChI=1S/C42H72N4O10Si2/c1-41(2,3)57(8,9)55-36-35(34(49)33(39(50)51)44-31(47)20-18-16-14-12-13-15-17-19-26-43)54-38(37(36)56-58(10,11)42(4,5)6)45-27-25-32(48)46(40(45)52)28-29-21-23-30(53-7)24-22-29/h21-25,27,33-38,49H,12-20,26,28,43H2,1-11H3,(H,44,47)(H,50,51)/t33-,34+,35?,36+,37+,38+/m0/s1. The monoisotopic (exact) mass is 848 g/mol. The molecule has 2 heterocycles. The van der Waals surface area contributed by atoms with Crippen molar-refractivity contribution < 1.29 is 38.1 Å². The molecule has 3 rings (SSSR count). The van der Waals surface area contributed by atoms with Gasteiger partial charge in [-0.2, -0.15) is 0 Å². The van der Waals surface area contributed by atoms with E-state index in [0.29, 0.717) is 24.3 Å². The topological polar surface area (TPSA) is 194 Å². The lowest BCUT2D eigenvalue weighted by molar-refractivity contribution is -0.152. The van der Waals surface area contributed by atoms with Crippen molar-refractivity contribution in [1.82, 2.24) is 14.5 Å². The average Bonchev–Trinajstić information content (AvgIpc) is 3.46. The van der Waals surface area contributed by atoms with Crippen LogP contribution in [-0.4, -0.2) is 92.0 Å². The summed E-state index contributed by atoms with van der Waals surface area (Å²) in [4.78, 5) is 53.7. The number of amides is 1.